The van der Waals surface area contributed by atoms with Gasteiger partial charge in [-0.25, -0.2) is 4.98 Å². The lowest BCUT2D eigenvalue weighted by atomic mass is 10.1. The predicted octanol–water partition coefficient (Wildman–Crippen LogP) is 3.21. The maximum atomic E-state index is 13.0. The van der Waals surface area contributed by atoms with Crippen molar-refractivity contribution in [3.05, 3.63) is 29.8 Å². The fraction of sp³-hybridized carbons (Fsp3) is 0.438. The second kappa shape index (κ2) is 5.63. The van der Waals surface area contributed by atoms with Crippen LogP contribution in [0.25, 0.3) is 11.3 Å². The summed E-state index contributed by atoms with van der Waals surface area (Å²) < 4.78 is 39.0. The first-order valence-electron chi connectivity index (χ1n) is 7.84. The van der Waals surface area contributed by atoms with E-state index in [1.54, 1.807) is 6.07 Å². The Balaban J connectivity index is 1.70. The Morgan fingerprint density at radius 1 is 1.29 bits per heavy atom. The highest BCUT2D eigenvalue weighted by molar-refractivity contribution is 7.19. The number of aromatic nitrogens is 1. The maximum absolute atomic E-state index is 13.0. The molecule has 0 radical (unpaired) electrons. The van der Waals surface area contributed by atoms with E-state index < -0.39 is 11.7 Å². The van der Waals surface area contributed by atoms with E-state index in [4.69, 9.17) is 5.73 Å². The minimum atomic E-state index is -4.37. The number of rotatable bonds is 2. The van der Waals surface area contributed by atoms with Gasteiger partial charge in [-0.2, -0.15) is 13.2 Å². The molecule has 2 unspecified atom stereocenters. The van der Waals surface area contributed by atoms with Crippen LogP contribution in [0.15, 0.2) is 24.3 Å². The zero-order valence-electron chi connectivity index (χ0n) is 12.8. The number of nitrogens with zero attached hydrogens (tertiary/aromatic N) is 2. The summed E-state index contributed by atoms with van der Waals surface area (Å²) in [6.07, 6.45) is -3.24. The minimum Gasteiger partial charge on any atom is -0.375 e. The fourth-order valence-electron chi connectivity index (χ4n) is 3.59. The van der Waals surface area contributed by atoms with Crippen LogP contribution in [0.5, 0.6) is 0 Å². The third kappa shape index (κ3) is 2.73. The number of nitrogens with two attached hydrogens (primary N) is 1. The SMILES string of the molecule is Nc1nc(-c2cccc(C(F)(F)F)c2)c(N2CC3CCNC3C2)s1. The Kier molecular flexibility index (Phi) is 3.69. The lowest BCUT2D eigenvalue weighted by molar-refractivity contribution is -0.137. The summed E-state index contributed by atoms with van der Waals surface area (Å²) in [6.45, 7) is 2.78. The number of alkyl halides is 3. The molecule has 2 fully saturated rings. The van der Waals surface area contributed by atoms with Gasteiger partial charge in [-0.1, -0.05) is 23.5 Å². The number of benzene rings is 1. The molecule has 0 saturated carbocycles. The number of nitrogen functional groups attached to an aromatic ring is 1. The topological polar surface area (TPSA) is 54.2 Å². The second-order valence-corrected chi connectivity index (χ2v) is 7.31. The average Bonchev–Trinajstić information content (AvgIpc) is 3.19. The van der Waals surface area contributed by atoms with Gasteiger partial charge in [0.1, 0.15) is 10.7 Å². The van der Waals surface area contributed by atoms with Crippen LogP contribution >= 0.6 is 11.3 Å². The molecule has 0 amide bonds. The summed E-state index contributed by atoms with van der Waals surface area (Å²) in [6, 6.07) is 5.73. The van der Waals surface area contributed by atoms with Crippen LogP contribution in [0.1, 0.15) is 12.0 Å². The first kappa shape index (κ1) is 15.7. The summed E-state index contributed by atoms with van der Waals surface area (Å²) in [7, 11) is 0. The fourth-order valence-corrected chi connectivity index (χ4v) is 4.46. The molecule has 2 atom stereocenters. The molecule has 1 aromatic heterocycles. The molecule has 3 N–H and O–H groups in total. The van der Waals surface area contributed by atoms with Gasteiger partial charge in [-0.3, -0.25) is 0 Å². The lowest BCUT2D eigenvalue weighted by Crippen LogP contribution is -2.29. The van der Waals surface area contributed by atoms with E-state index in [1.807, 2.05) is 0 Å². The van der Waals surface area contributed by atoms with E-state index >= 15 is 0 Å². The molecule has 1 aromatic carbocycles. The van der Waals surface area contributed by atoms with Crippen molar-refractivity contribution in [1.82, 2.24) is 10.3 Å². The molecule has 2 aromatic rings. The summed E-state index contributed by atoms with van der Waals surface area (Å²) in [4.78, 5) is 6.51. The highest BCUT2D eigenvalue weighted by atomic mass is 32.1. The second-order valence-electron chi connectivity index (χ2n) is 6.30. The summed E-state index contributed by atoms with van der Waals surface area (Å²) in [5.74, 6) is 0.586. The Labute approximate surface area is 141 Å². The molecule has 0 spiro atoms. The van der Waals surface area contributed by atoms with Crippen molar-refractivity contribution in [2.24, 2.45) is 5.92 Å². The zero-order valence-corrected chi connectivity index (χ0v) is 13.6. The first-order chi connectivity index (χ1) is 11.4. The molecule has 2 aliphatic heterocycles. The monoisotopic (exact) mass is 354 g/mol. The van der Waals surface area contributed by atoms with Crippen molar-refractivity contribution >= 4 is 21.5 Å². The van der Waals surface area contributed by atoms with Gasteiger partial charge in [0.05, 0.1) is 5.56 Å². The van der Waals surface area contributed by atoms with Gasteiger partial charge in [0.25, 0.3) is 0 Å². The number of nitrogens with one attached hydrogen (secondary N) is 1. The minimum absolute atomic E-state index is 0.377. The number of hydrogen-bond acceptors (Lipinski definition) is 5. The Bertz CT molecular complexity index is 746. The van der Waals surface area contributed by atoms with Crippen LogP contribution in [0, 0.1) is 5.92 Å². The van der Waals surface area contributed by atoms with E-state index in [2.05, 4.69) is 15.2 Å². The molecule has 128 valence electrons. The maximum Gasteiger partial charge on any atom is 0.416 e. The largest absolute Gasteiger partial charge is 0.416 e. The van der Waals surface area contributed by atoms with E-state index in [1.165, 1.54) is 17.4 Å². The molecule has 2 aliphatic rings. The molecule has 24 heavy (non-hydrogen) atoms. The van der Waals surface area contributed by atoms with Gasteiger partial charge in [0.2, 0.25) is 0 Å². The van der Waals surface area contributed by atoms with Crippen molar-refractivity contribution in [1.29, 1.82) is 0 Å². The van der Waals surface area contributed by atoms with E-state index in [-0.39, 0.29) is 0 Å². The third-order valence-corrected chi connectivity index (χ3v) is 5.68. The van der Waals surface area contributed by atoms with Crippen molar-refractivity contribution in [2.75, 3.05) is 30.3 Å². The van der Waals surface area contributed by atoms with Gasteiger partial charge in [-0.15, -0.1) is 0 Å². The molecule has 0 bridgehead atoms. The highest BCUT2D eigenvalue weighted by Gasteiger charge is 2.38. The van der Waals surface area contributed by atoms with Crippen molar-refractivity contribution < 1.29 is 13.2 Å². The first-order valence-corrected chi connectivity index (χ1v) is 8.66. The smallest absolute Gasteiger partial charge is 0.375 e. The molecular formula is C16H17F3N4S. The van der Waals surface area contributed by atoms with Gasteiger partial charge in [0.15, 0.2) is 5.13 Å². The molecule has 4 rings (SSSR count). The number of thiazole rings is 1. The zero-order chi connectivity index (χ0) is 16.9. The number of hydrogen-bond donors (Lipinski definition) is 2. The third-order valence-electron chi connectivity index (χ3n) is 4.74. The van der Waals surface area contributed by atoms with E-state index in [9.17, 15) is 13.2 Å². The summed E-state index contributed by atoms with van der Waals surface area (Å²) in [5.41, 5.74) is 6.20. The van der Waals surface area contributed by atoms with E-state index in [0.29, 0.717) is 28.3 Å². The van der Waals surface area contributed by atoms with E-state index in [0.717, 1.165) is 43.2 Å². The Morgan fingerprint density at radius 3 is 2.88 bits per heavy atom. The molecule has 3 heterocycles. The summed E-state index contributed by atoms with van der Waals surface area (Å²) >= 11 is 1.34. The number of fused-ring (bicyclic) bond motifs is 1. The number of anilines is 2. The molecule has 0 aliphatic carbocycles. The summed E-state index contributed by atoms with van der Waals surface area (Å²) in [5, 5.41) is 4.72. The van der Waals surface area contributed by atoms with Gasteiger partial charge in [0, 0.05) is 24.7 Å². The lowest BCUT2D eigenvalue weighted by Gasteiger charge is -2.19. The normalized spacial score (nSPS) is 23.7. The Morgan fingerprint density at radius 2 is 2.12 bits per heavy atom. The molecule has 4 nitrogen and oxygen atoms in total. The van der Waals surface area contributed by atoms with Gasteiger partial charge >= 0.3 is 6.18 Å². The van der Waals surface area contributed by atoms with Crippen LogP contribution in [-0.4, -0.2) is 30.7 Å². The van der Waals surface area contributed by atoms with Crippen LogP contribution in [-0.2, 0) is 6.18 Å². The van der Waals surface area contributed by atoms with Crippen LogP contribution in [0.2, 0.25) is 0 Å². The van der Waals surface area contributed by atoms with Gasteiger partial charge < -0.3 is 16.0 Å². The van der Waals surface area contributed by atoms with Crippen LogP contribution in [0.4, 0.5) is 23.3 Å². The standard InChI is InChI=1S/C16H17F3N4S/c17-16(18,19)11-3-1-2-9(6-11)13-14(24-15(20)22-13)23-7-10-4-5-21-12(10)8-23/h1-3,6,10,12,21H,4-5,7-8H2,(H2,20,22). The van der Waals surface area contributed by atoms with Crippen molar-refractivity contribution in [3.63, 3.8) is 0 Å². The quantitative estimate of drug-likeness (QED) is 0.870. The molecule has 8 heteroatoms. The van der Waals surface area contributed by atoms with Crippen LogP contribution in [0.3, 0.4) is 0 Å². The van der Waals surface area contributed by atoms with Gasteiger partial charge in [-0.05, 0) is 31.0 Å². The Hall–Kier alpha value is -1.80. The van der Waals surface area contributed by atoms with Crippen LogP contribution < -0.4 is 16.0 Å². The average molecular weight is 354 g/mol. The van der Waals surface area contributed by atoms with Crippen molar-refractivity contribution in [2.45, 2.75) is 18.6 Å². The predicted molar refractivity (Wildman–Crippen MR) is 89.1 cm³/mol. The van der Waals surface area contributed by atoms with Crippen molar-refractivity contribution in [3.8, 4) is 11.3 Å². The highest BCUT2D eigenvalue weighted by Crippen LogP contribution is 2.42. The number of halogens is 3. The molecule has 2 saturated heterocycles. The molecular weight excluding hydrogens is 337 g/mol.